The van der Waals surface area contributed by atoms with Crippen LogP contribution in [-0.4, -0.2) is 53.8 Å². The Morgan fingerprint density at radius 1 is 1.30 bits per heavy atom. The molecule has 1 unspecified atom stereocenters. The van der Waals surface area contributed by atoms with Crippen LogP contribution in [0.1, 0.15) is 40.5 Å². The second-order valence-corrected chi connectivity index (χ2v) is 6.40. The van der Waals surface area contributed by atoms with Gasteiger partial charge < -0.3 is 14.2 Å². The SMILES string of the molecule is C=CCC1[C@H](OC(C)=O)C[C@@H](C(=O)OC)N1C(=O)OC(C)(C)C. The highest BCUT2D eigenvalue weighted by Crippen LogP contribution is 2.32. The van der Waals surface area contributed by atoms with Crippen molar-refractivity contribution in [2.75, 3.05) is 7.11 Å². The zero-order chi connectivity index (χ0) is 17.8. The molecule has 7 heteroatoms. The van der Waals surface area contributed by atoms with E-state index in [2.05, 4.69) is 6.58 Å². The second kappa shape index (κ2) is 7.48. The number of amides is 1. The van der Waals surface area contributed by atoms with Crippen molar-refractivity contribution in [2.24, 2.45) is 0 Å². The zero-order valence-corrected chi connectivity index (χ0v) is 14.3. The van der Waals surface area contributed by atoms with Crippen molar-refractivity contribution in [3.63, 3.8) is 0 Å². The van der Waals surface area contributed by atoms with Crippen LogP contribution < -0.4 is 0 Å². The van der Waals surface area contributed by atoms with E-state index in [0.717, 1.165) is 0 Å². The normalized spacial score (nSPS) is 24.0. The van der Waals surface area contributed by atoms with Gasteiger partial charge in [-0.25, -0.2) is 9.59 Å². The maximum absolute atomic E-state index is 12.5. The Morgan fingerprint density at radius 2 is 1.91 bits per heavy atom. The van der Waals surface area contributed by atoms with Crippen LogP contribution in [-0.2, 0) is 23.8 Å². The lowest BCUT2D eigenvalue weighted by Crippen LogP contribution is -2.48. The first kappa shape index (κ1) is 19.0. The number of rotatable bonds is 4. The van der Waals surface area contributed by atoms with Crippen LogP contribution in [0.3, 0.4) is 0 Å². The van der Waals surface area contributed by atoms with Crippen LogP contribution in [0.4, 0.5) is 4.79 Å². The van der Waals surface area contributed by atoms with Crippen molar-refractivity contribution in [1.29, 1.82) is 0 Å². The van der Waals surface area contributed by atoms with E-state index in [-0.39, 0.29) is 6.42 Å². The lowest BCUT2D eigenvalue weighted by atomic mass is 10.1. The molecule has 1 aliphatic rings. The number of carbonyl (C=O) groups is 3. The summed E-state index contributed by atoms with van der Waals surface area (Å²) in [6, 6.07) is -1.38. The molecule has 0 aliphatic carbocycles. The van der Waals surface area contributed by atoms with Gasteiger partial charge in [-0.1, -0.05) is 6.08 Å². The van der Waals surface area contributed by atoms with Gasteiger partial charge in [-0.2, -0.15) is 0 Å². The van der Waals surface area contributed by atoms with Gasteiger partial charge in [-0.3, -0.25) is 9.69 Å². The first-order valence-corrected chi connectivity index (χ1v) is 7.48. The summed E-state index contributed by atoms with van der Waals surface area (Å²) in [5, 5.41) is 0. The molecule has 1 fully saturated rings. The molecular formula is C16H25NO6. The van der Waals surface area contributed by atoms with Gasteiger partial charge in [0.1, 0.15) is 17.7 Å². The molecule has 1 amide bonds. The first-order valence-electron chi connectivity index (χ1n) is 7.48. The molecule has 1 heterocycles. The van der Waals surface area contributed by atoms with E-state index in [1.165, 1.54) is 18.9 Å². The Labute approximate surface area is 136 Å². The fraction of sp³-hybridized carbons (Fsp3) is 0.688. The van der Waals surface area contributed by atoms with E-state index in [9.17, 15) is 14.4 Å². The molecule has 1 saturated heterocycles. The molecule has 0 radical (unpaired) electrons. The van der Waals surface area contributed by atoms with Crippen LogP contribution >= 0.6 is 0 Å². The van der Waals surface area contributed by atoms with Gasteiger partial charge in [0.05, 0.1) is 13.2 Å². The number of methoxy groups -OCH3 is 1. The lowest BCUT2D eigenvalue weighted by Gasteiger charge is -2.31. The topological polar surface area (TPSA) is 82.1 Å². The predicted octanol–water partition coefficient (Wildman–Crippen LogP) is 2.05. The quantitative estimate of drug-likeness (QED) is 0.446. The third-order valence-corrected chi connectivity index (χ3v) is 3.38. The summed E-state index contributed by atoms with van der Waals surface area (Å²) in [7, 11) is 1.25. The maximum Gasteiger partial charge on any atom is 0.411 e. The molecule has 0 bridgehead atoms. The molecule has 0 aromatic carbocycles. The smallest absolute Gasteiger partial charge is 0.411 e. The summed E-state index contributed by atoms with van der Waals surface area (Å²) in [5.74, 6) is -1.04. The van der Waals surface area contributed by atoms with Gasteiger partial charge >= 0.3 is 18.0 Å². The molecular weight excluding hydrogens is 302 g/mol. The van der Waals surface area contributed by atoms with Crippen molar-refractivity contribution >= 4 is 18.0 Å². The minimum absolute atomic E-state index is 0.171. The van der Waals surface area contributed by atoms with Crippen LogP contribution in [0.5, 0.6) is 0 Å². The van der Waals surface area contributed by atoms with Crippen LogP contribution in [0.2, 0.25) is 0 Å². The summed E-state index contributed by atoms with van der Waals surface area (Å²) in [4.78, 5) is 37.2. The summed E-state index contributed by atoms with van der Waals surface area (Å²) in [5.41, 5.74) is -0.712. The van der Waals surface area contributed by atoms with Crippen LogP contribution in [0.15, 0.2) is 12.7 Å². The largest absolute Gasteiger partial charge is 0.467 e. The van der Waals surface area contributed by atoms with E-state index < -0.39 is 41.8 Å². The van der Waals surface area contributed by atoms with E-state index in [4.69, 9.17) is 14.2 Å². The standard InChI is InChI=1S/C16H25NO6/c1-7-8-11-13(22-10(2)18)9-12(14(19)21-6)17(11)15(20)23-16(3,4)5/h7,11-13H,1,8-9H2,2-6H3/t11?,12-,13+/m0/s1. The van der Waals surface area contributed by atoms with Crippen molar-refractivity contribution in [3.05, 3.63) is 12.7 Å². The first-order chi connectivity index (χ1) is 10.6. The Balaban J connectivity index is 3.13. The van der Waals surface area contributed by atoms with Crippen molar-refractivity contribution in [3.8, 4) is 0 Å². The fourth-order valence-corrected chi connectivity index (χ4v) is 2.60. The highest BCUT2D eigenvalue weighted by atomic mass is 16.6. The number of carbonyl (C=O) groups excluding carboxylic acids is 3. The third-order valence-electron chi connectivity index (χ3n) is 3.38. The number of nitrogens with zero attached hydrogens (tertiary/aromatic N) is 1. The minimum Gasteiger partial charge on any atom is -0.467 e. The highest BCUT2D eigenvalue weighted by molar-refractivity contribution is 5.83. The van der Waals surface area contributed by atoms with Crippen molar-refractivity contribution in [2.45, 2.75) is 64.3 Å². The third kappa shape index (κ3) is 4.97. The van der Waals surface area contributed by atoms with E-state index >= 15 is 0 Å². The number of esters is 2. The predicted molar refractivity (Wildman–Crippen MR) is 82.7 cm³/mol. The maximum atomic E-state index is 12.5. The lowest BCUT2D eigenvalue weighted by molar-refractivity contribution is -0.148. The molecule has 23 heavy (non-hydrogen) atoms. The number of hydrogen-bond donors (Lipinski definition) is 0. The number of hydrogen-bond acceptors (Lipinski definition) is 6. The van der Waals surface area contributed by atoms with E-state index in [1.54, 1.807) is 26.8 Å². The molecule has 1 aliphatic heterocycles. The minimum atomic E-state index is -0.857. The van der Waals surface area contributed by atoms with E-state index in [0.29, 0.717) is 6.42 Å². The Morgan fingerprint density at radius 3 is 2.35 bits per heavy atom. The molecule has 0 aromatic heterocycles. The van der Waals surface area contributed by atoms with Crippen LogP contribution in [0.25, 0.3) is 0 Å². The average molecular weight is 327 g/mol. The van der Waals surface area contributed by atoms with Gasteiger partial charge in [0.15, 0.2) is 0 Å². The number of ether oxygens (including phenoxy) is 3. The van der Waals surface area contributed by atoms with Crippen molar-refractivity contribution in [1.82, 2.24) is 4.90 Å². The average Bonchev–Trinajstić information content (AvgIpc) is 2.74. The molecule has 0 N–H and O–H groups in total. The van der Waals surface area contributed by atoms with Gasteiger partial charge in [0.2, 0.25) is 0 Å². The highest BCUT2D eigenvalue weighted by Gasteiger charge is 2.50. The summed E-state index contributed by atoms with van der Waals surface area (Å²) >= 11 is 0. The van der Waals surface area contributed by atoms with Gasteiger partial charge in [-0.15, -0.1) is 6.58 Å². The molecule has 3 atom stereocenters. The van der Waals surface area contributed by atoms with E-state index in [1.807, 2.05) is 0 Å². The van der Waals surface area contributed by atoms with Crippen molar-refractivity contribution < 1.29 is 28.6 Å². The molecule has 130 valence electrons. The fourth-order valence-electron chi connectivity index (χ4n) is 2.60. The molecule has 0 saturated carbocycles. The number of likely N-dealkylation sites (tertiary alicyclic amines) is 1. The Bertz CT molecular complexity index is 481. The van der Waals surface area contributed by atoms with Crippen LogP contribution in [0, 0.1) is 0 Å². The molecule has 0 aromatic rings. The monoisotopic (exact) mass is 327 g/mol. The molecule has 1 rings (SSSR count). The Hall–Kier alpha value is -2.05. The second-order valence-electron chi connectivity index (χ2n) is 6.40. The molecule has 7 nitrogen and oxygen atoms in total. The zero-order valence-electron chi connectivity index (χ0n) is 14.3. The summed E-state index contributed by atoms with van der Waals surface area (Å²) < 4.78 is 15.4. The van der Waals surface area contributed by atoms with Gasteiger partial charge in [0, 0.05) is 13.3 Å². The van der Waals surface area contributed by atoms with Gasteiger partial charge in [0.25, 0.3) is 0 Å². The summed E-state index contributed by atoms with van der Waals surface area (Å²) in [6.07, 6.45) is 0.892. The Kier molecular flexibility index (Phi) is 6.18. The summed E-state index contributed by atoms with van der Waals surface area (Å²) in [6.45, 7) is 10.2. The van der Waals surface area contributed by atoms with Gasteiger partial charge in [-0.05, 0) is 27.2 Å². The molecule has 0 spiro atoms.